The summed E-state index contributed by atoms with van der Waals surface area (Å²) < 4.78 is 40.9. The van der Waals surface area contributed by atoms with Crippen molar-refractivity contribution in [3.8, 4) is 0 Å². The summed E-state index contributed by atoms with van der Waals surface area (Å²) in [5.74, 6) is -0.493. The fraction of sp³-hybridized carbons (Fsp3) is 0.800. The van der Waals surface area contributed by atoms with Crippen molar-refractivity contribution in [3.05, 3.63) is 0 Å². The van der Waals surface area contributed by atoms with Gasteiger partial charge in [-0.3, -0.25) is 4.79 Å². The summed E-state index contributed by atoms with van der Waals surface area (Å²) in [6, 6.07) is 0. The molecule has 0 spiro atoms. The van der Waals surface area contributed by atoms with Crippen LogP contribution in [0.15, 0.2) is 0 Å². The SMILES string of the molecule is CCOC(=O)NS(=O)(=O)N1CCOC(CC(=O)OC)C1. The molecule has 9 nitrogen and oxygen atoms in total. The molecule has 1 N–H and O–H groups in total. The van der Waals surface area contributed by atoms with E-state index in [1.165, 1.54) is 7.11 Å². The van der Waals surface area contributed by atoms with Crippen LogP contribution in [0.2, 0.25) is 0 Å². The summed E-state index contributed by atoms with van der Waals surface area (Å²) in [4.78, 5) is 22.3. The molecule has 1 heterocycles. The van der Waals surface area contributed by atoms with E-state index in [0.717, 1.165) is 4.31 Å². The molecule has 1 rings (SSSR count). The molecule has 0 aromatic heterocycles. The summed E-state index contributed by atoms with van der Waals surface area (Å²) in [5, 5.41) is 0. The van der Waals surface area contributed by atoms with E-state index in [4.69, 9.17) is 4.74 Å². The number of rotatable bonds is 5. The van der Waals surface area contributed by atoms with Crippen LogP contribution in [0, 0.1) is 0 Å². The number of methoxy groups -OCH3 is 1. The van der Waals surface area contributed by atoms with Gasteiger partial charge in [0.15, 0.2) is 0 Å². The van der Waals surface area contributed by atoms with Crippen LogP contribution in [0.1, 0.15) is 13.3 Å². The molecule has 0 aliphatic carbocycles. The summed E-state index contributed by atoms with van der Waals surface area (Å²) in [7, 11) is -2.77. The van der Waals surface area contributed by atoms with Gasteiger partial charge in [0.2, 0.25) is 0 Å². The Labute approximate surface area is 117 Å². The number of nitrogens with zero attached hydrogens (tertiary/aromatic N) is 1. The maximum Gasteiger partial charge on any atom is 0.421 e. The zero-order chi connectivity index (χ0) is 15.2. The summed E-state index contributed by atoms with van der Waals surface area (Å²) in [6.45, 7) is 1.81. The van der Waals surface area contributed by atoms with E-state index in [0.29, 0.717) is 0 Å². The van der Waals surface area contributed by atoms with E-state index in [1.54, 1.807) is 11.6 Å². The Morgan fingerprint density at radius 1 is 1.45 bits per heavy atom. The molecular formula is C10H18N2O7S. The van der Waals surface area contributed by atoms with Crippen molar-refractivity contribution < 1.29 is 32.2 Å². The fourth-order valence-electron chi connectivity index (χ4n) is 1.63. The molecular weight excluding hydrogens is 292 g/mol. The molecule has 1 aliphatic heterocycles. The first-order valence-corrected chi connectivity index (χ1v) is 7.46. The minimum Gasteiger partial charge on any atom is -0.469 e. The Balaban J connectivity index is 2.61. The molecule has 0 aromatic rings. The molecule has 1 fully saturated rings. The van der Waals surface area contributed by atoms with Crippen LogP contribution in [0.5, 0.6) is 0 Å². The lowest BCUT2D eigenvalue weighted by Crippen LogP contribution is -2.51. The maximum absolute atomic E-state index is 11.9. The zero-order valence-corrected chi connectivity index (χ0v) is 12.1. The first-order valence-electron chi connectivity index (χ1n) is 6.02. The molecule has 1 amide bonds. The van der Waals surface area contributed by atoms with E-state index >= 15 is 0 Å². The van der Waals surface area contributed by atoms with Crippen molar-refractivity contribution in [2.45, 2.75) is 19.4 Å². The van der Waals surface area contributed by atoms with E-state index < -0.39 is 28.4 Å². The smallest absolute Gasteiger partial charge is 0.421 e. The molecule has 10 heteroatoms. The average molecular weight is 310 g/mol. The van der Waals surface area contributed by atoms with Gasteiger partial charge in [-0.1, -0.05) is 0 Å². The number of hydrogen-bond donors (Lipinski definition) is 1. The lowest BCUT2D eigenvalue weighted by molar-refractivity contribution is -0.145. The van der Waals surface area contributed by atoms with Gasteiger partial charge in [0, 0.05) is 13.1 Å². The Hall–Kier alpha value is -1.39. The maximum atomic E-state index is 11.9. The molecule has 0 aromatic carbocycles. The molecule has 1 atom stereocenters. The molecule has 0 bridgehead atoms. The second-order valence-corrected chi connectivity index (χ2v) is 5.63. The van der Waals surface area contributed by atoms with Gasteiger partial charge in [-0.15, -0.1) is 0 Å². The van der Waals surface area contributed by atoms with Crippen LogP contribution in [-0.2, 0) is 29.2 Å². The third-order valence-corrected chi connectivity index (χ3v) is 3.99. The van der Waals surface area contributed by atoms with Crippen LogP contribution < -0.4 is 4.72 Å². The monoisotopic (exact) mass is 310 g/mol. The first kappa shape index (κ1) is 16.7. The number of hydrogen-bond acceptors (Lipinski definition) is 7. The van der Waals surface area contributed by atoms with Gasteiger partial charge < -0.3 is 14.2 Å². The third-order valence-electron chi connectivity index (χ3n) is 2.55. The van der Waals surface area contributed by atoms with Crippen molar-refractivity contribution in [3.63, 3.8) is 0 Å². The van der Waals surface area contributed by atoms with E-state index in [2.05, 4.69) is 9.47 Å². The van der Waals surface area contributed by atoms with Crippen LogP contribution in [0.25, 0.3) is 0 Å². The molecule has 0 saturated carbocycles. The molecule has 116 valence electrons. The molecule has 1 aliphatic rings. The highest BCUT2D eigenvalue weighted by Crippen LogP contribution is 2.12. The van der Waals surface area contributed by atoms with Gasteiger partial charge in [0.05, 0.1) is 32.8 Å². The van der Waals surface area contributed by atoms with Crippen molar-refractivity contribution in [1.29, 1.82) is 0 Å². The number of ether oxygens (including phenoxy) is 3. The average Bonchev–Trinajstić information content (AvgIpc) is 2.38. The van der Waals surface area contributed by atoms with Crippen LogP contribution >= 0.6 is 0 Å². The Morgan fingerprint density at radius 2 is 2.15 bits per heavy atom. The van der Waals surface area contributed by atoms with Crippen molar-refractivity contribution in [1.82, 2.24) is 9.03 Å². The molecule has 1 unspecified atom stereocenters. The van der Waals surface area contributed by atoms with Crippen molar-refractivity contribution >= 4 is 22.3 Å². The second-order valence-electron chi connectivity index (χ2n) is 3.96. The lowest BCUT2D eigenvalue weighted by atomic mass is 10.2. The topological polar surface area (TPSA) is 111 Å². The quantitative estimate of drug-likeness (QED) is 0.664. The van der Waals surface area contributed by atoms with Crippen molar-refractivity contribution in [2.75, 3.05) is 33.4 Å². The standard InChI is InChI=1S/C10H18N2O7S/c1-3-18-10(14)11-20(15,16)12-4-5-19-8(7-12)6-9(13)17-2/h8H,3-7H2,1-2H3,(H,11,14). The van der Waals surface area contributed by atoms with Gasteiger partial charge in [-0.2, -0.15) is 12.7 Å². The van der Waals surface area contributed by atoms with Gasteiger partial charge >= 0.3 is 22.3 Å². The predicted octanol–water partition coefficient (Wildman–Crippen LogP) is -0.759. The summed E-state index contributed by atoms with van der Waals surface area (Å²) in [6.07, 6.45) is -1.69. The van der Waals surface area contributed by atoms with Gasteiger partial charge in [0.25, 0.3) is 0 Å². The first-order chi connectivity index (χ1) is 9.39. The molecule has 20 heavy (non-hydrogen) atoms. The summed E-state index contributed by atoms with van der Waals surface area (Å²) in [5.41, 5.74) is 0. The second kappa shape index (κ2) is 7.41. The van der Waals surface area contributed by atoms with Crippen LogP contribution in [-0.4, -0.2) is 64.3 Å². The number of esters is 1. The number of morpholine rings is 1. The molecule has 0 radical (unpaired) electrons. The van der Waals surface area contributed by atoms with E-state index in [-0.39, 0.29) is 32.7 Å². The fourth-order valence-corrected chi connectivity index (χ4v) is 2.71. The lowest BCUT2D eigenvalue weighted by Gasteiger charge is -2.31. The number of carbonyl (C=O) groups excluding carboxylic acids is 2. The number of amides is 1. The zero-order valence-electron chi connectivity index (χ0n) is 11.3. The highest BCUT2D eigenvalue weighted by atomic mass is 32.2. The highest BCUT2D eigenvalue weighted by Gasteiger charge is 2.32. The Bertz CT molecular complexity index is 451. The van der Waals surface area contributed by atoms with Gasteiger partial charge in [-0.05, 0) is 6.92 Å². The Kier molecular flexibility index (Phi) is 6.17. The van der Waals surface area contributed by atoms with Crippen molar-refractivity contribution in [2.24, 2.45) is 0 Å². The molecule has 1 saturated heterocycles. The predicted molar refractivity (Wildman–Crippen MR) is 67.0 cm³/mol. The minimum absolute atomic E-state index is 0.0379. The number of carbonyl (C=O) groups is 2. The van der Waals surface area contributed by atoms with Gasteiger partial charge in [0.1, 0.15) is 0 Å². The van der Waals surface area contributed by atoms with Crippen LogP contribution in [0.3, 0.4) is 0 Å². The van der Waals surface area contributed by atoms with Crippen LogP contribution in [0.4, 0.5) is 4.79 Å². The largest absolute Gasteiger partial charge is 0.469 e. The van der Waals surface area contributed by atoms with E-state index in [1.807, 2.05) is 0 Å². The van der Waals surface area contributed by atoms with E-state index in [9.17, 15) is 18.0 Å². The normalized spacial score (nSPS) is 20.2. The Morgan fingerprint density at radius 3 is 2.75 bits per heavy atom. The number of nitrogens with one attached hydrogen (secondary N) is 1. The minimum atomic E-state index is -4.00. The summed E-state index contributed by atoms with van der Waals surface area (Å²) >= 11 is 0. The van der Waals surface area contributed by atoms with Gasteiger partial charge in [-0.25, -0.2) is 9.52 Å². The third kappa shape index (κ3) is 4.94. The highest BCUT2D eigenvalue weighted by molar-refractivity contribution is 7.87.